The Morgan fingerprint density at radius 2 is 1.95 bits per heavy atom. The summed E-state index contributed by atoms with van der Waals surface area (Å²) in [6.07, 6.45) is 9.93. The number of hydrogen-bond donors (Lipinski definition) is 0. The molecular formula is C16H23N5O. The molecule has 1 fully saturated rings. The van der Waals surface area contributed by atoms with Crippen LogP contribution in [0.25, 0.3) is 0 Å². The van der Waals surface area contributed by atoms with E-state index in [-0.39, 0.29) is 6.10 Å². The van der Waals surface area contributed by atoms with Crippen molar-refractivity contribution < 1.29 is 4.74 Å². The van der Waals surface area contributed by atoms with Gasteiger partial charge in [-0.1, -0.05) is 0 Å². The summed E-state index contributed by atoms with van der Waals surface area (Å²) in [5.74, 6) is 2.10. The van der Waals surface area contributed by atoms with Crippen LogP contribution in [0.1, 0.15) is 38.2 Å². The maximum atomic E-state index is 5.63. The van der Waals surface area contributed by atoms with Crippen LogP contribution in [-0.4, -0.2) is 38.9 Å². The number of anilines is 1. The van der Waals surface area contributed by atoms with Gasteiger partial charge in [0.25, 0.3) is 0 Å². The summed E-state index contributed by atoms with van der Waals surface area (Å²) in [6.45, 7) is 5.96. The van der Waals surface area contributed by atoms with E-state index in [0.29, 0.717) is 11.8 Å². The molecule has 22 heavy (non-hydrogen) atoms. The monoisotopic (exact) mass is 301 g/mol. The van der Waals surface area contributed by atoms with Gasteiger partial charge in [-0.3, -0.25) is 9.67 Å². The van der Waals surface area contributed by atoms with Gasteiger partial charge in [0, 0.05) is 26.3 Å². The smallest absolute Gasteiger partial charge is 0.234 e. The van der Waals surface area contributed by atoms with E-state index in [0.717, 1.165) is 31.7 Å². The van der Waals surface area contributed by atoms with Crippen molar-refractivity contribution in [2.75, 3.05) is 18.0 Å². The first-order valence-electron chi connectivity index (χ1n) is 7.84. The summed E-state index contributed by atoms with van der Waals surface area (Å²) in [5, 5.41) is 4.27. The van der Waals surface area contributed by atoms with Crippen molar-refractivity contribution >= 4 is 5.82 Å². The molecule has 1 aliphatic heterocycles. The lowest BCUT2D eigenvalue weighted by molar-refractivity contribution is 0.231. The molecule has 2 aromatic rings. The van der Waals surface area contributed by atoms with E-state index < -0.39 is 0 Å². The molecule has 0 amide bonds. The second-order valence-electron chi connectivity index (χ2n) is 6.09. The predicted molar refractivity (Wildman–Crippen MR) is 85.2 cm³/mol. The second kappa shape index (κ2) is 6.34. The zero-order valence-corrected chi connectivity index (χ0v) is 13.4. The van der Waals surface area contributed by atoms with Crippen LogP contribution in [-0.2, 0) is 7.05 Å². The average molecular weight is 301 g/mol. The Morgan fingerprint density at radius 1 is 1.18 bits per heavy atom. The average Bonchev–Trinajstić information content (AvgIpc) is 2.94. The minimum Gasteiger partial charge on any atom is -0.474 e. The lowest BCUT2D eigenvalue weighted by Crippen LogP contribution is -2.33. The standard InChI is InChI=1S/C16H23N5O/c1-12(2)22-16-10-17-9-15(19-16)21-6-4-13(5-7-21)14-8-18-20(3)11-14/h8-13H,4-7H2,1-3H3. The zero-order chi connectivity index (χ0) is 15.5. The van der Waals surface area contributed by atoms with Crippen molar-refractivity contribution in [2.24, 2.45) is 7.05 Å². The highest BCUT2D eigenvalue weighted by Gasteiger charge is 2.22. The molecular weight excluding hydrogens is 278 g/mol. The van der Waals surface area contributed by atoms with Crippen molar-refractivity contribution in [1.29, 1.82) is 0 Å². The van der Waals surface area contributed by atoms with Gasteiger partial charge in [0.15, 0.2) is 5.82 Å². The van der Waals surface area contributed by atoms with Crippen molar-refractivity contribution in [1.82, 2.24) is 19.7 Å². The fraction of sp³-hybridized carbons (Fsp3) is 0.562. The van der Waals surface area contributed by atoms with Gasteiger partial charge in [0.05, 0.1) is 24.7 Å². The van der Waals surface area contributed by atoms with Gasteiger partial charge in [0.1, 0.15) is 0 Å². The zero-order valence-electron chi connectivity index (χ0n) is 13.4. The Labute approximate surface area is 131 Å². The minimum absolute atomic E-state index is 0.112. The molecule has 0 aliphatic carbocycles. The van der Waals surface area contributed by atoms with E-state index in [1.807, 2.05) is 38.0 Å². The number of piperidine rings is 1. The molecule has 6 nitrogen and oxygen atoms in total. The van der Waals surface area contributed by atoms with Gasteiger partial charge < -0.3 is 9.64 Å². The van der Waals surface area contributed by atoms with E-state index >= 15 is 0 Å². The topological polar surface area (TPSA) is 56.1 Å². The highest BCUT2D eigenvalue weighted by molar-refractivity contribution is 5.38. The van der Waals surface area contributed by atoms with E-state index in [9.17, 15) is 0 Å². The number of nitrogens with zero attached hydrogens (tertiary/aromatic N) is 5. The summed E-state index contributed by atoms with van der Waals surface area (Å²) in [7, 11) is 1.97. The largest absolute Gasteiger partial charge is 0.474 e. The van der Waals surface area contributed by atoms with Crippen LogP contribution in [0, 0.1) is 0 Å². The van der Waals surface area contributed by atoms with Crippen LogP contribution in [0.3, 0.4) is 0 Å². The molecule has 0 radical (unpaired) electrons. The molecule has 0 unspecified atom stereocenters. The van der Waals surface area contributed by atoms with E-state index in [4.69, 9.17) is 4.74 Å². The maximum Gasteiger partial charge on any atom is 0.234 e. The third kappa shape index (κ3) is 3.37. The van der Waals surface area contributed by atoms with Crippen LogP contribution < -0.4 is 9.64 Å². The third-order valence-electron chi connectivity index (χ3n) is 3.97. The number of rotatable bonds is 4. The quantitative estimate of drug-likeness (QED) is 0.868. The molecule has 118 valence electrons. The Balaban J connectivity index is 1.63. The van der Waals surface area contributed by atoms with Gasteiger partial charge in [-0.2, -0.15) is 10.1 Å². The lowest BCUT2D eigenvalue weighted by Gasteiger charge is -2.32. The number of ether oxygens (including phenoxy) is 1. The molecule has 0 N–H and O–H groups in total. The number of aromatic nitrogens is 4. The molecule has 0 bridgehead atoms. The highest BCUT2D eigenvalue weighted by Crippen LogP contribution is 2.29. The Morgan fingerprint density at radius 3 is 2.59 bits per heavy atom. The summed E-state index contributed by atoms with van der Waals surface area (Å²) < 4.78 is 7.50. The van der Waals surface area contributed by atoms with E-state index in [1.54, 1.807) is 6.20 Å². The van der Waals surface area contributed by atoms with Gasteiger partial charge in [-0.25, -0.2) is 0 Å². The maximum absolute atomic E-state index is 5.63. The fourth-order valence-electron chi connectivity index (χ4n) is 2.88. The Bertz CT molecular complexity index is 617. The van der Waals surface area contributed by atoms with Crippen LogP contribution in [0.15, 0.2) is 24.8 Å². The summed E-state index contributed by atoms with van der Waals surface area (Å²) in [4.78, 5) is 11.1. The van der Waals surface area contributed by atoms with Gasteiger partial charge in [-0.05, 0) is 38.2 Å². The molecule has 0 aromatic carbocycles. The Kier molecular flexibility index (Phi) is 4.27. The van der Waals surface area contributed by atoms with Crippen LogP contribution in [0.4, 0.5) is 5.82 Å². The van der Waals surface area contributed by atoms with Crippen LogP contribution in [0.5, 0.6) is 5.88 Å². The normalized spacial score (nSPS) is 16.3. The van der Waals surface area contributed by atoms with Crippen molar-refractivity contribution in [2.45, 2.75) is 38.7 Å². The van der Waals surface area contributed by atoms with Crippen molar-refractivity contribution in [3.05, 3.63) is 30.4 Å². The first kappa shape index (κ1) is 14.8. The summed E-state index contributed by atoms with van der Waals surface area (Å²) in [5.41, 5.74) is 1.34. The molecule has 3 heterocycles. The first-order valence-corrected chi connectivity index (χ1v) is 7.84. The molecule has 1 saturated heterocycles. The first-order chi connectivity index (χ1) is 10.6. The van der Waals surface area contributed by atoms with Crippen molar-refractivity contribution in [3.8, 4) is 5.88 Å². The SMILES string of the molecule is CC(C)Oc1cncc(N2CCC(c3cnn(C)c3)CC2)n1. The fourth-order valence-corrected chi connectivity index (χ4v) is 2.88. The molecule has 2 aromatic heterocycles. The Hall–Kier alpha value is -2.11. The lowest BCUT2D eigenvalue weighted by atomic mass is 9.91. The highest BCUT2D eigenvalue weighted by atomic mass is 16.5. The molecule has 1 aliphatic rings. The molecule has 3 rings (SSSR count). The third-order valence-corrected chi connectivity index (χ3v) is 3.97. The minimum atomic E-state index is 0.112. The second-order valence-corrected chi connectivity index (χ2v) is 6.09. The summed E-state index contributed by atoms with van der Waals surface area (Å²) in [6, 6.07) is 0. The van der Waals surface area contributed by atoms with E-state index in [1.165, 1.54) is 5.56 Å². The number of hydrogen-bond acceptors (Lipinski definition) is 5. The molecule has 0 atom stereocenters. The van der Waals surface area contributed by atoms with Crippen LogP contribution >= 0.6 is 0 Å². The van der Waals surface area contributed by atoms with Gasteiger partial charge in [0.2, 0.25) is 5.88 Å². The predicted octanol–water partition coefficient (Wildman–Crippen LogP) is 2.38. The molecule has 6 heteroatoms. The molecule has 0 spiro atoms. The van der Waals surface area contributed by atoms with Crippen molar-refractivity contribution in [3.63, 3.8) is 0 Å². The van der Waals surface area contributed by atoms with E-state index in [2.05, 4.69) is 26.2 Å². The van der Waals surface area contributed by atoms with Gasteiger partial charge in [-0.15, -0.1) is 0 Å². The van der Waals surface area contributed by atoms with Crippen LogP contribution in [0.2, 0.25) is 0 Å². The molecule has 0 saturated carbocycles. The van der Waals surface area contributed by atoms with Gasteiger partial charge >= 0.3 is 0 Å². The summed E-state index contributed by atoms with van der Waals surface area (Å²) >= 11 is 0. The number of aryl methyl sites for hydroxylation is 1.